The molecule has 5 nitrogen and oxygen atoms in total. The Balaban J connectivity index is 4.50. The van der Waals surface area contributed by atoms with Gasteiger partial charge in [-0.25, -0.2) is 13.1 Å². The van der Waals surface area contributed by atoms with Crippen LogP contribution in [0.2, 0.25) is 0 Å². The van der Waals surface area contributed by atoms with Crippen LogP contribution in [0.25, 0.3) is 0 Å². The van der Waals surface area contributed by atoms with Crippen LogP contribution in [0.15, 0.2) is 12.2 Å². The van der Waals surface area contributed by atoms with E-state index in [1.165, 1.54) is 0 Å². The Kier molecular flexibility index (Phi) is 6.28. The summed E-state index contributed by atoms with van der Waals surface area (Å²) in [5, 5.41) is 8.85. The number of carboxylic acid groups (broad SMARTS) is 1. The molecule has 0 unspecified atom stereocenters. The minimum atomic E-state index is -3.59. The lowest BCUT2D eigenvalue weighted by molar-refractivity contribution is -0.139. The highest BCUT2D eigenvalue weighted by molar-refractivity contribution is 7.89. The molecule has 0 aliphatic heterocycles. The number of carbonyl (C=O) groups is 1. The van der Waals surface area contributed by atoms with Crippen LogP contribution in [0, 0.1) is 0 Å². The zero-order chi connectivity index (χ0) is 12.8. The molecule has 0 amide bonds. The molecule has 6 heteroatoms. The molecule has 0 aliphatic carbocycles. The van der Waals surface area contributed by atoms with Gasteiger partial charge in [-0.1, -0.05) is 31.9 Å². The second-order valence-corrected chi connectivity index (χ2v) is 5.62. The van der Waals surface area contributed by atoms with Gasteiger partial charge in [-0.3, -0.25) is 4.79 Å². The Labute approximate surface area is 96.6 Å². The van der Waals surface area contributed by atoms with Crippen LogP contribution < -0.4 is 4.72 Å². The van der Waals surface area contributed by atoms with E-state index in [0.717, 1.165) is 6.42 Å². The van der Waals surface area contributed by atoms with Crippen molar-refractivity contribution in [2.75, 3.05) is 5.75 Å². The lowest BCUT2D eigenvalue weighted by Crippen LogP contribution is -2.41. The lowest BCUT2D eigenvalue weighted by atomic mass is 10.1. The van der Waals surface area contributed by atoms with E-state index < -0.39 is 22.0 Å². The van der Waals surface area contributed by atoms with Crippen molar-refractivity contribution in [3.63, 3.8) is 0 Å². The molecule has 0 radical (unpaired) electrons. The van der Waals surface area contributed by atoms with E-state index in [0.29, 0.717) is 18.4 Å². The first kappa shape index (κ1) is 15.1. The Hall–Kier alpha value is -0.880. The van der Waals surface area contributed by atoms with Gasteiger partial charge in [0.1, 0.15) is 6.04 Å². The summed E-state index contributed by atoms with van der Waals surface area (Å²) in [6.45, 7) is 6.99. The van der Waals surface area contributed by atoms with E-state index in [1.54, 1.807) is 6.92 Å². The fraction of sp³-hybridized carbons (Fsp3) is 0.700. The van der Waals surface area contributed by atoms with Crippen LogP contribution in [0.5, 0.6) is 0 Å². The zero-order valence-electron chi connectivity index (χ0n) is 9.69. The molecule has 0 fully saturated rings. The summed E-state index contributed by atoms with van der Waals surface area (Å²) in [7, 11) is -3.59. The number of aliphatic carboxylic acids is 1. The van der Waals surface area contributed by atoms with Crippen molar-refractivity contribution in [2.24, 2.45) is 0 Å². The molecule has 0 aromatic rings. The Bertz CT molecular complexity index is 348. The lowest BCUT2D eigenvalue weighted by Gasteiger charge is -2.14. The largest absolute Gasteiger partial charge is 0.480 e. The topological polar surface area (TPSA) is 83.5 Å². The minimum Gasteiger partial charge on any atom is -0.480 e. The second-order valence-electron chi connectivity index (χ2n) is 3.87. The van der Waals surface area contributed by atoms with Gasteiger partial charge in [0.25, 0.3) is 0 Å². The third kappa shape index (κ3) is 6.58. The monoisotopic (exact) mass is 249 g/mol. The Morgan fingerprint density at radius 1 is 1.50 bits per heavy atom. The van der Waals surface area contributed by atoms with Gasteiger partial charge in [-0.2, -0.15) is 0 Å². The van der Waals surface area contributed by atoms with Crippen molar-refractivity contribution < 1.29 is 18.3 Å². The standard InChI is InChI=1S/C10H19NO4S/c1-4-5-6-9(10(12)13)11-16(14,15)7-8(2)3/h9,11H,2,4-7H2,1,3H3,(H,12,13)/t9-/m0/s1. The van der Waals surface area contributed by atoms with Crippen LogP contribution >= 0.6 is 0 Å². The smallest absolute Gasteiger partial charge is 0.321 e. The fourth-order valence-corrected chi connectivity index (χ4v) is 2.61. The molecule has 16 heavy (non-hydrogen) atoms. The summed E-state index contributed by atoms with van der Waals surface area (Å²) in [6.07, 6.45) is 1.81. The average Bonchev–Trinajstić information content (AvgIpc) is 2.09. The van der Waals surface area contributed by atoms with Crippen LogP contribution in [-0.4, -0.2) is 31.3 Å². The SMILES string of the molecule is C=C(C)CS(=O)(=O)N[C@@H](CCCC)C(=O)O. The van der Waals surface area contributed by atoms with Gasteiger partial charge in [-0.05, 0) is 13.3 Å². The first-order valence-electron chi connectivity index (χ1n) is 5.15. The van der Waals surface area contributed by atoms with Crippen molar-refractivity contribution in [1.29, 1.82) is 0 Å². The molecule has 94 valence electrons. The quantitative estimate of drug-likeness (QED) is 0.631. The summed E-state index contributed by atoms with van der Waals surface area (Å²) in [4.78, 5) is 10.8. The number of rotatable bonds is 8. The maximum absolute atomic E-state index is 11.5. The molecule has 0 spiro atoms. The summed E-state index contributed by atoms with van der Waals surface area (Å²) >= 11 is 0. The first-order valence-corrected chi connectivity index (χ1v) is 6.81. The van der Waals surface area contributed by atoms with Gasteiger partial charge < -0.3 is 5.11 Å². The van der Waals surface area contributed by atoms with Crippen molar-refractivity contribution in [3.05, 3.63) is 12.2 Å². The highest BCUT2D eigenvalue weighted by Crippen LogP contribution is 2.04. The summed E-state index contributed by atoms with van der Waals surface area (Å²) < 4.78 is 25.1. The van der Waals surface area contributed by atoms with E-state index in [1.807, 2.05) is 6.92 Å². The predicted molar refractivity (Wildman–Crippen MR) is 62.7 cm³/mol. The molecule has 0 saturated carbocycles. The van der Waals surface area contributed by atoms with Crippen LogP contribution in [0.3, 0.4) is 0 Å². The van der Waals surface area contributed by atoms with Gasteiger partial charge in [-0.15, -0.1) is 0 Å². The molecule has 0 aliphatic rings. The summed E-state index contributed by atoms with van der Waals surface area (Å²) in [6, 6.07) is -1.04. The van der Waals surface area contributed by atoms with Gasteiger partial charge in [0.2, 0.25) is 10.0 Å². The first-order chi connectivity index (χ1) is 7.28. The van der Waals surface area contributed by atoms with Crippen LogP contribution in [-0.2, 0) is 14.8 Å². The number of nitrogens with one attached hydrogen (secondary N) is 1. The van der Waals surface area contributed by atoms with Crippen molar-refractivity contribution in [3.8, 4) is 0 Å². The average molecular weight is 249 g/mol. The van der Waals surface area contributed by atoms with Gasteiger partial charge in [0.05, 0.1) is 5.75 Å². The number of hydrogen-bond acceptors (Lipinski definition) is 3. The highest BCUT2D eigenvalue weighted by Gasteiger charge is 2.23. The third-order valence-corrected chi connectivity index (χ3v) is 3.42. The van der Waals surface area contributed by atoms with Crippen molar-refractivity contribution in [2.45, 2.75) is 39.2 Å². The summed E-state index contributed by atoms with van der Waals surface area (Å²) in [5.74, 6) is -1.37. The molecule has 0 heterocycles. The highest BCUT2D eigenvalue weighted by atomic mass is 32.2. The van der Waals surface area contributed by atoms with E-state index in [9.17, 15) is 13.2 Å². The molecule has 0 rings (SSSR count). The normalized spacial score (nSPS) is 13.4. The number of unbranched alkanes of at least 4 members (excludes halogenated alkanes) is 1. The van der Waals surface area contributed by atoms with E-state index in [-0.39, 0.29) is 5.75 Å². The molecule has 2 N–H and O–H groups in total. The molecule has 1 atom stereocenters. The Morgan fingerprint density at radius 3 is 2.44 bits per heavy atom. The van der Waals surface area contributed by atoms with Crippen LogP contribution in [0.1, 0.15) is 33.1 Å². The van der Waals surface area contributed by atoms with Crippen molar-refractivity contribution >= 4 is 16.0 Å². The predicted octanol–water partition coefficient (Wildman–Crippen LogP) is 1.13. The second kappa shape index (κ2) is 6.65. The zero-order valence-corrected chi connectivity index (χ0v) is 10.5. The van der Waals surface area contributed by atoms with Crippen molar-refractivity contribution in [1.82, 2.24) is 4.72 Å². The molecular formula is C10H19NO4S. The number of carboxylic acids is 1. The number of hydrogen-bond donors (Lipinski definition) is 2. The number of sulfonamides is 1. The molecule has 0 aromatic heterocycles. The van der Waals surface area contributed by atoms with E-state index in [4.69, 9.17) is 5.11 Å². The third-order valence-electron chi connectivity index (χ3n) is 1.90. The van der Waals surface area contributed by atoms with E-state index in [2.05, 4.69) is 11.3 Å². The van der Waals surface area contributed by atoms with Crippen LogP contribution in [0.4, 0.5) is 0 Å². The Morgan fingerprint density at radius 2 is 2.06 bits per heavy atom. The maximum atomic E-state index is 11.5. The maximum Gasteiger partial charge on any atom is 0.321 e. The molecule has 0 saturated heterocycles. The minimum absolute atomic E-state index is 0.233. The van der Waals surface area contributed by atoms with Gasteiger partial charge in [0, 0.05) is 0 Å². The van der Waals surface area contributed by atoms with Gasteiger partial charge >= 0.3 is 5.97 Å². The van der Waals surface area contributed by atoms with E-state index >= 15 is 0 Å². The molecular weight excluding hydrogens is 230 g/mol. The summed E-state index contributed by atoms with van der Waals surface area (Å²) in [5.41, 5.74) is 0.479. The van der Waals surface area contributed by atoms with Gasteiger partial charge in [0.15, 0.2) is 0 Å². The molecule has 0 bridgehead atoms. The molecule has 0 aromatic carbocycles. The fourth-order valence-electron chi connectivity index (χ4n) is 1.22.